The molecule has 0 spiro atoms. The van der Waals surface area contributed by atoms with Gasteiger partial charge in [0.1, 0.15) is 0 Å². The van der Waals surface area contributed by atoms with Gasteiger partial charge in [-0.25, -0.2) is 8.42 Å². The Balaban J connectivity index is 2.27. The quantitative estimate of drug-likeness (QED) is 0.737. The van der Waals surface area contributed by atoms with E-state index in [0.29, 0.717) is 25.3 Å². The predicted molar refractivity (Wildman–Crippen MR) is 71.9 cm³/mol. The van der Waals surface area contributed by atoms with Crippen molar-refractivity contribution in [2.24, 2.45) is 11.7 Å². The minimum atomic E-state index is -2.95. The summed E-state index contributed by atoms with van der Waals surface area (Å²) in [6, 6.07) is -0.193. The van der Waals surface area contributed by atoms with E-state index in [0.717, 1.165) is 19.3 Å². The molecule has 1 rings (SSSR count). The molecule has 0 radical (unpaired) electrons. The molecular formula is C12H24N2O3S. The number of hydrogen-bond acceptors (Lipinski definition) is 4. The highest BCUT2D eigenvalue weighted by Gasteiger charge is 2.25. The highest BCUT2D eigenvalue weighted by molar-refractivity contribution is 7.91. The van der Waals surface area contributed by atoms with Crippen molar-refractivity contribution in [1.82, 2.24) is 5.32 Å². The van der Waals surface area contributed by atoms with Gasteiger partial charge in [0.2, 0.25) is 5.91 Å². The molecule has 18 heavy (non-hydrogen) atoms. The molecule has 106 valence electrons. The first kappa shape index (κ1) is 15.4. The summed E-state index contributed by atoms with van der Waals surface area (Å²) in [5.41, 5.74) is 5.45. The summed E-state index contributed by atoms with van der Waals surface area (Å²) in [5, 5.41) is 2.82. The van der Waals surface area contributed by atoms with Crippen LogP contribution in [-0.2, 0) is 14.6 Å². The number of hydrogen-bond donors (Lipinski definition) is 2. The molecule has 1 fully saturated rings. The monoisotopic (exact) mass is 276 g/mol. The predicted octanol–water partition coefficient (Wildman–Crippen LogP) is 0.445. The number of nitrogens with two attached hydrogens (primary N) is 1. The van der Waals surface area contributed by atoms with Crippen LogP contribution in [0.1, 0.15) is 39.0 Å². The normalized spacial score (nSPS) is 24.4. The Morgan fingerprint density at radius 1 is 1.44 bits per heavy atom. The Hall–Kier alpha value is -0.620. The molecule has 2 unspecified atom stereocenters. The molecule has 0 aromatic heterocycles. The first-order valence-electron chi connectivity index (χ1n) is 6.63. The Labute approximate surface area is 109 Å². The summed E-state index contributed by atoms with van der Waals surface area (Å²) >= 11 is 0. The maximum atomic E-state index is 11.7. The van der Waals surface area contributed by atoms with Crippen molar-refractivity contribution in [1.29, 1.82) is 0 Å². The van der Waals surface area contributed by atoms with Crippen molar-refractivity contribution in [2.75, 3.05) is 18.1 Å². The van der Waals surface area contributed by atoms with Gasteiger partial charge < -0.3 is 11.1 Å². The van der Waals surface area contributed by atoms with Gasteiger partial charge in [-0.05, 0) is 38.1 Å². The zero-order valence-corrected chi connectivity index (χ0v) is 11.8. The molecule has 2 atom stereocenters. The second-order valence-corrected chi connectivity index (χ2v) is 7.47. The largest absolute Gasteiger partial charge is 0.352 e. The Morgan fingerprint density at radius 2 is 2.17 bits per heavy atom. The van der Waals surface area contributed by atoms with Crippen LogP contribution in [0.15, 0.2) is 0 Å². The lowest BCUT2D eigenvalue weighted by atomic mass is 10.0. The fourth-order valence-corrected chi connectivity index (χ4v) is 3.88. The summed E-state index contributed by atoms with van der Waals surface area (Å²) in [5.74, 6) is 0.751. The number of amides is 1. The molecule has 0 saturated carbocycles. The summed E-state index contributed by atoms with van der Waals surface area (Å²) in [6.45, 7) is 2.72. The lowest BCUT2D eigenvalue weighted by Crippen LogP contribution is -2.43. The van der Waals surface area contributed by atoms with Crippen LogP contribution >= 0.6 is 0 Å². The first-order chi connectivity index (χ1) is 8.43. The second-order valence-electron chi connectivity index (χ2n) is 5.24. The van der Waals surface area contributed by atoms with Crippen molar-refractivity contribution in [2.45, 2.75) is 45.1 Å². The first-order valence-corrected chi connectivity index (χ1v) is 8.45. The third kappa shape index (κ3) is 5.82. The summed E-state index contributed by atoms with van der Waals surface area (Å²) in [6.07, 6.45) is 3.60. The maximum Gasteiger partial charge on any atom is 0.220 e. The van der Waals surface area contributed by atoms with Gasteiger partial charge in [0.25, 0.3) is 0 Å². The molecule has 1 aliphatic heterocycles. The molecule has 1 heterocycles. The van der Waals surface area contributed by atoms with Gasteiger partial charge in [0.15, 0.2) is 9.84 Å². The number of sulfone groups is 1. The van der Waals surface area contributed by atoms with Gasteiger partial charge in [-0.2, -0.15) is 0 Å². The van der Waals surface area contributed by atoms with E-state index >= 15 is 0 Å². The van der Waals surface area contributed by atoms with Crippen LogP contribution in [0, 0.1) is 5.92 Å². The van der Waals surface area contributed by atoms with E-state index in [2.05, 4.69) is 12.2 Å². The van der Waals surface area contributed by atoms with Crippen LogP contribution in [-0.4, -0.2) is 38.4 Å². The van der Waals surface area contributed by atoms with Crippen LogP contribution in [0.25, 0.3) is 0 Å². The highest BCUT2D eigenvalue weighted by Crippen LogP contribution is 2.13. The molecule has 5 nitrogen and oxygen atoms in total. The zero-order valence-electron chi connectivity index (χ0n) is 11.0. The number of carbonyl (C=O) groups is 1. The number of nitrogens with one attached hydrogen (secondary N) is 1. The molecule has 0 bridgehead atoms. The third-order valence-corrected chi connectivity index (χ3v) is 5.17. The van der Waals surface area contributed by atoms with Crippen molar-refractivity contribution in [3.8, 4) is 0 Å². The molecule has 1 amide bonds. The van der Waals surface area contributed by atoms with E-state index in [9.17, 15) is 13.2 Å². The van der Waals surface area contributed by atoms with Gasteiger partial charge >= 0.3 is 0 Å². The van der Waals surface area contributed by atoms with E-state index in [1.165, 1.54) is 0 Å². The summed E-state index contributed by atoms with van der Waals surface area (Å²) in [7, 11) is -2.95. The van der Waals surface area contributed by atoms with Crippen LogP contribution in [0.2, 0.25) is 0 Å². The van der Waals surface area contributed by atoms with Crippen LogP contribution in [0.3, 0.4) is 0 Å². The molecular weight excluding hydrogens is 252 g/mol. The fourth-order valence-electron chi connectivity index (χ4n) is 2.24. The zero-order chi connectivity index (χ0) is 13.6. The number of carbonyl (C=O) groups excluding carboxylic acids is 1. The molecule has 1 saturated heterocycles. The fraction of sp³-hybridized carbons (Fsp3) is 0.917. The standard InChI is InChI=1S/C12H24N2O3S/c1-10(6-7-13)4-5-12(15)14-11-3-2-8-18(16,17)9-11/h10-11H,2-9,13H2,1H3,(H,14,15). The summed E-state index contributed by atoms with van der Waals surface area (Å²) in [4.78, 5) is 11.7. The topological polar surface area (TPSA) is 89.3 Å². The second kappa shape index (κ2) is 7.09. The van der Waals surface area contributed by atoms with Gasteiger partial charge in [-0.3, -0.25) is 4.79 Å². The Bertz CT molecular complexity index is 368. The maximum absolute atomic E-state index is 11.7. The van der Waals surface area contributed by atoms with Gasteiger partial charge in [-0.15, -0.1) is 0 Å². The average molecular weight is 276 g/mol. The minimum absolute atomic E-state index is 0.0408. The molecule has 6 heteroatoms. The smallest absolute Gasteiger partial charge is 0.220 e. The Morgan fingerprint density at radius 3 is 2.78 bits per heavy atom. The van der Waals surface area contributed by atoms with Gasteiger partial charge in [0.05, 0.1) is 11.5 Å². The molecule has 3 N–H and O–H groups in total. The molecule has 1 aliphatic rings. The van der Waals surface area contributed by atoms with Crippen molar-refractivity contribution in [3.63, 3.8) is 0 Å². The van der Waals surface area contributed by atoms with Crippen molar-refractivity contribution in [3.05, 3.63) is 0 Å². The lowest BCUT2D eigenvalue weighted by molar-refractivity contribution is -0.122. The molecule has 0 aromatic carbocycles. The van der Waals surface area contributed by atoms with E-state index in [4.69, 9.17) is 5.73 Å². The van der Waals surface area contributed by atoms with Gasteiger partial charge in [0, 0.05) is 12.5 Å². The molecule has 0 aliphatic carbocycles. The minimum Gasteiger partial charge on any atom is -0.352 e. The average Bonchev–Trinajstić information content (AvgIpc) is 2.25. The Kier molecular flexibility index (Phi) is 6.08. The van der Waals surface area contributed by atoms with Crippen LogP contribution < -0.4 is 11.1 Å². The third-order valence-electron chi connectivity index (χ3n) is 3.35. The van der Waals surface area contributed by atoms with E-state index in [1.54, 1.807) is 0 Å². The van der Waals surface area contributed by atoms with E-state index in [1.807, 2.05) is 0 Å². The molecule has 0 aromatic rings. The van der Waals surface area contributed by atoms with E-state index < -0.39 is 9.84 Å². The summed E-state index contributed by atoms with van der Waals surface area (Å²) < 4.78 is 22.9. The lowest BCUT2D eigenvalue weighted by Gasteiger charge is -2.23. The SMILES string of the molecule is CC(CCN)CCC(=O)NC1CCCS(=O)(=O)C1. The van der Waals surface area contributed by atoms with Gasteiger partial charge in [-0.1, -0.05) is 6.92 Å². The number of rotatable bonds is 6. The van der Waals surface area contributed by atoms with Crippen LogP contribution in [0.4, 0.5) is 0 Å². The van der Waals surface area contributed by atoms with Crippen molar-refractivity contribution >= 4 is 15.7 Å². The van der Waals surface area contributed by atoms with Crippen molar-refractivity contribution < 1.29 is 13.2 Å². The van der Waals surface area contributed by atoms with Crippen LogP contribution in [0.5, 0.6) is 0 Å². The highest BCUT2D eigenvalue weighted by atomic mass is 32.2. The van der Waals surface area contributed by atoms with E-state index in [-0.39, 0.29) is 23.5 Å².